The molecular formula is C17H19N3. The minimum atomic E-state index is 0.119. The lowest BCUT2D eigenvalue weighted by Crippen LogP contribution is -2.18. The van der Waals surface area contributed by atoms with E-state index in [4.69, 9.17) is 5.73 Å². The Morgan fingerprint density at radius 3 is 2.70 bits per heavy atom. The SMILES string of the molecule is Cc1ccc2cc(-c3cnc(CC(C)N)[nH]3)ccc2c1. The van der Waals surface area contributed by atoms with Crippen molar-refractivity contribution in [2.24, 2.45) is 5.73 Å². The predicted octanol–water partition coefficient (Wildman–Crippen LogP) is 3.43. The summed E-state index contributed by atoms with van der Waals surface area (Å²) < 4.78 is 0. The van der Waals surface area contributed by atoms with Crippen LogP contribution in [-0.2, 0) is 6.42 Å². The summed E-state index contributed by atoms with van der Waals surface area (Å²) >= 11 is 0. The Balaban J connectivity index is 1.97. The lowest BCUT2D eigenvalue weighted by molar-refractivity contribution is 0.710. The van der Waals surface area contributed by atoms with E-state index in [1.54, 1.807) is 0 Å². The number of imidazole rings is 1. The highest BCUT2D eigenvalue weighted by Crippen LogP contribution is 2.24. The monoisotopic (exact) mass is 265 g/mol. The predicted molar refractivity (Wildman–Crippen MR) is 83.6 cm³/mol. The number of aryl methyl sites for hydroxylation is 1. The maximum absolute atomic E-state index is 5.80. The number of nitrogens with one attached hydrogen (secondary N) is 1. The van der Waals surface area contributed by atoms with E-state index in [1.807, 2.05) is 13.1 Å². The second-order valence-corrected chi connectivity index (χ2v) is 5.49. The highest BCUT2D eigenvalue weighted by Gasteiger charge is 2.06. The van der Waals surface area contributed by atoms with E-state index in [0.717, 1.165) is 23.5 Å². The molecule has 0 bridgehead atoms. The molecule has 2 aromatic carbocycles. The molecule has 1 atom stereocenters. The van der Waals surface area contributed by atoms with Gasteiger partial charge in [0.05, 0.1) is 11.9 Å². The third kappa shape index (κ3) is 2.58. The zero-order chi connectivity index (χ0) is 14.1. The molecule has 102 valence electrons. The van der Waals surface area contributed by atoms with Crippen LogP contribution < -0.4 is 5.73 Å². The standard InChI is InChI=1S/C17H19N3/c1-11-3-4-14-9-15(6-5-13(14)7-11)16-10-19-17(20-16)8-12(2)18/h3-7,9-10,12H,8,18H2,1-2H3,(H,19,20). The third-order valence-electron chi connectivity index (χ3n) is 3.45. The molecule has 0 amide bonds. The molecule has 1 unspecified atom stereocenters. The molecule has 3 heteroatoms. The van der Waals surface area contributed by atoms with Crippen LogP contribution in [0.25, 0.3) is 22.0 Å². The quantitative estimate of drug-likeness (QED) is 0.762. The van der Waals surface area contributed by atoms with Crippen LogP contribution in [0.5, 0.6) is 0 Å². The van der Waals surface area contributed by atoms with Crippen LogP contribution in [0.4, 0.5) is 0 Å². The zero-order valence-corrected chi connectivity index (χ0v) is 11.9. The zero-order valence-electron chi connectivity index (χ0n) is 11.9. The van der Waals surface area contributed by atoms with Crippen molar-refractivity contribution in [2.75, 3.05) is 0 Å². The Morgan fingerprint density at radius 2 is 1.90 bits per heavy atom. The van der Waals surface area contributed by atoms with Gasteiger partial charge in [0.25, 0.3) is 0 Å². The van der Waals surface area contributed by atoms with Gasteiger partial charge in [-0.25, -0.2) is 4.98 Å². The molecule has 3 nitrogen and oxygen atoms in total. The number of H-pyrrole nitrogens is 1. The topological polar surface area (TPSA) is 54.7 Å². The number of aromatic amines is 1. The molecule has 1 aromatic heterocycles. The second-order valence-electron chi connectivity index (χ2n) is 5.49. The summed E-state index contributed by atoms with van der Waals surface area (Å²) in [4.78, 5) is 7.74. The van der Waals surface area contributed by atoms with Gasteiger partial charge < -0.3 is 10.7 Å². The number of fused-ring (bicyclic) bond motifs is 1. The second kappa shape index (κ2) is 5.10. The first kappa shape index (κ1) is 12.9. The first-order valence-corrected chi connectivity index (χ1v) is 6.92. The Hall–Kier alpha value is -2.13. The van der Waals surface area contributed by atoms with E-state index in [0.29, 0.717) is 0 Å². The number of hydrogen-bond donors (Lipinski definition) is 2. The van der Waals surface area contributed by atoms with Gasteiger partial charge in [-0.1, -0.05) is 35.9 Å². The average Bonchev–Trinajstić information content (AvgIpc) is 2.85. The summed E-state index contributed by atoms with van der Waals surface area (Å²) in [5.74, 6) is 0.944. The molecule has 0 aliphatic rings. The van der Waals surface area contributed by atoms with Gasteiger partial charge in [-0.15, -0.1) is 0 Å². The number of nitrogens with two attached hydrogens (primary N) is 1. The van der Waals surface area contributed by atoms with Crippen molar-refractivity contribution in [3.05, 3.63) is 54.0 Å². The fourth-order valence-electron chi connectivity index (χ4n) is 2.45. The van der Waals surface area contributed by atoms with Gasteiger partial charge in [0, 0.05) is 18.0 Å². The number of aromatic nitrogens is 2. The number of nitrogens with zero attached hydrogens (tertiary/aromatic N) is 1. The highest BCUT2D eigenvalue weighted by molar-refractivity contribution is 5.87. The first-order chi connectivity index (χ1) is 9.61. The van der Waals surface area contributed by atoms with Gasteiger partial charge in [-0.3, -0.25) is 0 Å². The molecule has 20 heavy (non-hydrogen) atoms. The van der Waals surface area contributed by atoms with Crippen molar-refractivity contribution in [2.45, 2.75) is 26.3 Å². The lowest BCUT2D eigenvalue weighted by atomic mass is 10.0. The number of hydrogen-bond acceptors (Lipinski definition) is 2. The van der Waals surface area contributed by atoms with Crippen molar-refractivity contribution in [3.8, 4) is 11.3 Å². The van der Waals surface area contributed by atoms with Crippen molar-refractivity contribution in [1.29, 1.82) is 0 Å². The molecular weight excluding hydrogens is 246 g/mol. The van der Waals surface area contributed by atoms with Gasteiger partial charge in [-0.05, 0) is 30.7 Å². The van der Waals surface area contributed by atoms with Crippen molar-refractivity contribution in [1.82, 2.24) is 9.97 Å². The molecule has 0 radical (unpaired) electrons. The van der Waals surface area contributed by atoms with Crippen molar-refractivity contribution in [3.63, 3.8) is 0 Å². The Labute approximate surface area is 118 Å². The summed E-state index contributed by atoms with van der Waals surface area (Å²) in [6, 6.07) is 13.1. The maximum atomic E-state index is 5.80. The number of benzene rings is 2. The van der Waals surface area contributed by atoms with Crippen LogP contribution in [0.15, 0.2) is 42.6 Å². The largest absolute Gasteiger partial charge is 0.342 e. The smallest absolute Gasteiger partial charge is 0.108 e. The first-order valence-electron chi connectivity index (χ1n) is 6.92. The Bertz CT molecular complexity index is 741. The van der Waals surface area contributed by atoms with Crippen molar-refractivity contribution < 1.29 is 0 Å². The van der Waals surface area contributed by atoms with Crippen LogP contribution in [0.2, 0.25) is 0 Å². The maximum Gasteiger partial charge on any atom is 0.108 e. The molecule has 3 rings (SSSR count). The van der Waals surface area contributed by atoms with E-state index in [-0.39, 0.29) is 6.04 Å². The van der Waals surface area contributed by atoms with E-state index >= 15 is 0 Å². The summed E-state index contributed by atoms with van der Waals surface area (Å²) in [5, 5.41) is 2.51. The Kier molecular flexibility index (Phi) is 3.28. The summed E-state index contributed by atoms with van der Waals surface area (Å²) in [5.41, 5.74) is 9.29. The van der Waals surface area contributed by atoms with Crippen LogP contribution in [0, 0.1) is 6.92 Å². The number of rotatable bonds is 3. The van der Waals surface area contributed by atoms with Crippen LogP contribution in [-0.4, -0.2) is 16.0 Å². The van der Waals surface area contributed by atoms with Gasteiger partial charge >= 0.3 is 0 Å². The highest BCUT2D eigenvalue weighted by atomic mass is 14.9. The normalized spacial score (nSPS) is 12.8. The van der Waals surface area contributed by atoms with Gasteiger partial charge in [-0.2, -0.15) is 0 Å². The van der Waals surface area contributed by atoms with E-state index in [2.05, 4.69) is 53.3 Å². The van der Waals surface area contributed by atoms with Gasteiger partial charge in [0.2, 0.25) is 0 Å². The molecule has 3 aromatic rings. The van der Waals surface area contributed by atoms with E-state index < -0.39 is 0 Å². The molecule has 0 saturated carbocycles. The van der Waals surface area contributed by atoms with Crippen LogP contribution >= 0.6 is 0 Å². The van der Waals surface area contributed by atoms with Gasteiger partial charge in [0.1, 0.15) is 5.82 Å². The molecule has 0 saturated heterocycles. The summed E-state index contributed by atoms with van der Waals surface area (Å²) in [6.45, 7) is 4.10. The van der Waals surface area contributed by atoms with Gasteiger partial charge in [0.15, 0.2) is 0 Å². The molecule has 1 heterocycles. The van der Waals surface area contributed by atoms with Crippen molar-refractivity contribution >= 4 is 10.8 Å². The van der Waals surface area contributed by atoms with Crippen LogP contribution in [0.1, 0.15) is 18.3 Å². The lowest BCUT2D eigenvalue weighted by Gasteiger charge is -2.03. The third-order valence-corrected chi connectivity index (χ3v) is 3.45. The molecule has 3 N–H and O–H groups in total. The van der Waals surface area contributed by atoms with Crippen LogP contribution in [0.3, 0.4) is 0 Å². The summed E-state index contributed by atoms with van der Waals surface area (Å²) in [6.07, 6.45) is 2.65. The molecule has 0 spiro atoms. The van der Waals surface area contributed by atoms with E-state index in [9.17, 15) is 0 Å². The van der Waals surface area contributed by atoms with E-state index in [1.165, 1.54) is 16.3 Å². The minimum absolute atomic E-state index is 0.119. The fourth-order valence-corrected chi connectivity index (χ4v) is 2.45. The summed E-state index contributed by atoms with van der Waals surface area (Å²) in [7, 11) is 0. The molecule has 0 aliphatic heterocycles. The Morgan fingerprint density at radius 1 is 1.15 bits per heavy atom. The fraction of sp³-hybridized carbons (Fsp3) is 0.235. The molecule has 0 fully saturated rings. The molecule has 0 aliphatic carbocycles. The minimum Gasteiger partial charge on any atom is -0.342 e. The average molecular weight is 265 g/mol.